The van der Waals surface area contributed by atoms with Crippen LogP contribution in [-0.2, 0) is 0 Å². The molecule has 0 saturated carbocycles. The lowest BCUT2D eigenvalue weighted by Crippen LogP contribution is -2.29. The van der Waals surface area contributed by atoms with Crippen LogP contribution in [0.4, 0.5) is 8.78 Å². The van der Waals surface area contributed by atoms with Crippen LogP contribution in [0.2, 0.25) is 0 Å². The second-order valence-corrected chi connectivity index (χ2v) is 3.93. The highest BCUT2D eigenvalue weighted by molar-refractivity contribution is 5.34. The number of hydrogen-bond acceptors (Lipinski definition) is 4. The predicted molar refractivity (Wildman–Crippen MR) is 66.3 cm³/mol. The SMILES string of the molecule is COc1cncc(C(NN)c2ccc(F)c(F)c2)c1. The Morgan fingerprint density at radius 2 is 1.95 bits per heavy atom. The number of nitrogens with two attached hydrogens (primary N) is 1. The second-order valence-electron chi connectivity index (χ2n) is 3.93. The molecule has 0 amide bonds. The summed E-state index contributed by atoms with van der Waals surface area (Å²) in [5.41, 5.74) is 3.73. The van der Waals surface area contributed by atoms with E-state index in [2.05, 4.69) is 10.4 Å². The van der Waals surface area contributed by atoms with Gasteiger partial charge in [-0.3, -0.25) is 10.8 Å². The topological polar surface area (TPSA) is 60.2 Å². The quantitative estimate of drug-likeness (QED) is 0.655. The van der Waals surface area contributed by atoms with Gasteiger partial charge in [-0.25, -0.2) is 14.2 Å². The van der Waals surface area contributed by atoms with Gasteiger partial charge in [0.15, 0.2) is 11.6 Å². The molecule has 0 bridgehead atoms. The number of benzene rings is 1. The lowest BCUT2D eigenvalue weighted by atomic mass is 10.0. The third-order valence-corrected chi connectivity index (χ3v) is 2.75. The van der Waals surface area contributed by atoms with Crippen molar-refractivity contribution in [2.24, 2.45) is 5.84 Å². The number of nitrogens with one attached hydrogen (secondary N) is 1. The van der Waals surface area contributed by atoms with Crippen LogP contribution in [-0.4, -0.2) is 12.1 Å². The molecule has 0 radical (unpaired) electrons. The minimum atomic E-state index is -0.923. The van der Waals surface area contributed by atoms with Gasteiger partial charge in [-0.2, -0.15) is 0 Å². The zero-order chi connectivity index (χ0) is 13.8. The van der Waals surface area contributed by atoms with Crippen molar-refractivity contribution in [1.29, 1.82) is 0 Å². The number of hydrazine groups is 1. The van der Waals surface area contributed by atoms with Crippen molar-refractivity contribution < 1.29 is 13.5 Å². The van der Waals surface area contributed by atoms with Crippen molar-refractivity contribution in [2.45, 2.75) is 6.04 Å². The van der Waals surface area contributed by atoms with E-state index in [1.54, 1.807) is 18.5 Å². The molecule has 0 aliphatic carbocycles. The van der Waals surface area contributed by atoms with Crippen LogP contribution in [0.3, 0.4) is 0 Å². The van der Waals surface area contributed by atoms with E-state index in [-0.39, 0.29) is 0 Å². The first-order chi connectivity index (χ1) is 9.15. The zero-order valence-corrected chi connectivity index (χ0v) is 10.2. The van der Waals surface area contributed by atoms with Crippen molar-refractivity contribution >= 4 is 0 Å². The lowest BCUT2D eigenvalue weighted by molar-refractivity contribution is 0.411. The van der Waals surface area contributed by atoms with Crippen LogP contribution in [0.25, 0.3) is 0 Å². The molecule has 0 saturated heterocycles. The Bertz CT molecular complexity index is 578. The van der Waals surface area contributed by atoms with Gasteiger partial charge in [0.1, 0.15) is 5.75 Å². The van der Waals surface area contributed by atoms with Crippen molar-refractivity contribution in [3.63, 3.8) is 0 Å². The van der Waals surface area contributed by atoms with Crippen LogP contribution in [0.1, 0.15) is 17.2 Å². The average Bonchev–Trinajstić information content (AvgIpc) is 2.44. The number of nitrogens with zero attached hydrogens (tertiary/aromatic N) is 1. The number of hydrogen-bond donors (Lipinski definition) is 2. The number of pyridine rings is 1. The van der Waals surface area contributed by atoms with E-state index < -0.39 is 17.7 Å². The third kappa shape index (κ3) is 2.86. The van der Waals surface area contributed by atoms with Crippen LogP contribution in [0, 0.1) is 11.6 Å². The normalized spacial score (nSPS) is 12.2. The first-order valence-electron chi connectivity index (χ1n) is 5.55. The molecule has 1 atom stereocenters. The molecule has 0 aliphatic heterocycles. The smallest absolute Gasteiger partial charge is 0.159 e. The molecule has 1 heterocycles. The Morgan fingerprint density at radius 1 is 1.16 bits per heavy atom. The molecule has 0 spiro atoms. The number of methoxy groups -OCH3 is 1. The van der Waals surface area contributed by atoms with Gasteiger partial charge in [-0.1, -0.05) is 6.07 Å². The molecule has 0 fully saturated rings. The maximum atomic E-state index is 13.3. The summed E-state index contributed by atoms with van der Waals surface area (Å²) >= 11 is 0. The van der Waals surface area contributed by atoms with Gasteiger partial charge < -0.3 is 4.74 Å². The van der Waals surface area contributed by atoms with E-state index in [4.69, 9.17) is 10.6 Å². The van der Waals surface area contributed by atoms with E-state index in [0.29, 0.717) is 16.9 Å². The minimum absolute atomic E-state index is 0.497. The summed E-state index contributed by atoms with van der Waals surface area (Å²) in [6.45, 7) is 0. The summed E-state index contributed by atoms with van der Waals surface area (Å²) in [5, 5.41) is 0. The third-order valence-electron chi connectivity index (χ3n) is 2.75. The average molecular weight is 265 g/mol. The molecule has 1 aromatic carbocycles. The van der Waals surface area contributed by atoms with E-state index >= 15 is 0 Å². The first kappa shape index (κ1) is 13.4. The van der Waals surface area contributed by atoms with Crippen LogP contribution < -0.4 is 16.0 Å². The van der Waals surface area contributed by atoms with Crippen molar-refractivity contribution in [1.82, 2.24) is 10.4 Å². The molecule has 0 aliphatic rings. The van der Waals surface area contributed by atoms with Gasteiger partial charge in [-0.05, 0) is 29.3 Å². The summed E-state index contributed by atoms with van der Waals surface area (Å²) in [6.07, 6.45) is 3.12. The molecule has 100 valence electrons. The lowest BCUT2D eigenvalue weighted by Gasteiger charge is -2.17. The van der Waals surface area contributed by atoms with Gasteiger partial charge in [0.25, 0.3) is 0 Å². The van der Waals surface area contributed by atoms with Crippen molar-refractivity contribution in [2.75, 3.05) is 7.11 Å². The summed E-state index contributed by atoms with van der Waals surface area (Å²) in [7, 11) is 1.52. The Balaban J connectivity index is 2.40. The van der Waals surface area contributed by atoms with Gasteiger partial charge in [-0.15, -0.1) is 0 Å². The van der Waals surface area contributed by atoms with E-state index in [0.717, 1.165) is 12.1 Å². The largest absolute Gasteiger partial charge is 0.495 e. The van der Waals surface area contributed by atoms with E-state index in [1.165, 1.54) is 13.2 Å². The highest BCUT2D eigenvalue weighted by atomic mass is 19.2. The fourth-order valence-corrected chi connectivity index (χ4v) is 1.78. The summed E-state index contributed by atoms with van der Waals surface area (Å²) in [4.78, 5) is 4.00. The molecule has 1 aromatic heterocycles. The molecule has 2 aromatic rings. The maximum absolute atomic E-state index is 13.3. The monoisotopic (exact) mass is 265 g/mol. The molecule has 2 rings (SSSR count). The summed E-state index contributed by atoms with van der Waals surface area (Å²) in [5.74, 6) is 4.22. The van der Waals surface area contributed by atoms with Crippen LogP contribution >= 0.6 is 0 Å². The molecule has 6 heteroatoms. The number of halogens is 2. The highest BCUT2D eigenvalue weighted by Gasteiger charge is 2.15. The Morgan fingerprint density at radius 3 is 2.58 bits per heavy atom. The number of ether oxygens (including phenoxy) is 1. The molecule has 1 unspecified atom stereocenters. The van der Waals surface area contributed by atoms with Gasteiger partial charge in [0.2, 0.25) is 0 Å². The maximum Gasteiger partial charge on any atom is 0.159 e. The van der Waals surface area contributed by atoms with Gasteiger partial charge in [0, 0.05) is 6.20 Å². The van der Waals surface area contributed by atoms with E-state index in [1.807, 2.05) is 0 Å². The minimum Gasteiger partial charge on any atom is -0.495 e. The predicted octanol–water partition coefficient (Wildman–Crippen LogP) is 1.92. The van der Waals surface area contributed by atoms with Crippen LogP contribution in [0.15, 0.2) is 36.7 Å². The number of aromatic nitrogens is 1. The summed E-state index contributed by atoms with van der Waals surface area (Å²) in [6, 6.07) is 4.83. The Kier molecular flexibility index (Phi) is 4.03. The van der Waals surface area contributed by atoms with Crippen LogP contribution in [0.5, 0.6) is 5.75 Å². The molecular formula is C13H13F2N3O. The zero-order valence-electron chi connectivity index (χ0n) is 10.2. The van der Waals surface area contributed by atoms with Gasteiger partial charge in [0.05, 0.1) is 19.3 Å². The highest BCUT2D eigenvalue weighted by Crippen LogP contribution is 2.24. The first-order valence-corrected chi connectivity index (χ1v) is 5.55. The fourth-order valence-electron chi connectivity index (χ4n) is 1.78. The van der Waals surface area contributed by atoms with Crippen molar-refractivity contribution in [3.8, 4) is 5.75 Å². The fraction of sp³-hybridized carbons (Fsp3) is 0.154. The van der Waals surface area contributed by atoms with Crippen molar-refractivity contribution in [3.05, 3.63) is 59.4 Å². The molecular weight excluding hydrogens is 252 g/mol. The Hall–Kier alpha value is -2.05. The summed E-state index contributed by atoms with van der Waals surface area (Å²) < 4.78 is 31.2. The number of rotatable bonds is 4. The molecule has 3 N–H and O–H groups in total. The second kappa shape index (κ2) is 5.73. The Labute approximate surface area is 109 Å². The standard InChI is InChI=1S/C13H13F2N3O/c1-19-10-4-9(6-17-7-10)13(18-16)8-2-3-11(14)12(15)5-8/h2-7,13,18H,16H2,1H3. The molecule has 4 nitrogen and oxygen atoms in total. The van der Waals surface area contributed by atoms with E-state index in [9.17, 15) is 8.78 Å². The molecule has 19 heavy (non-hydrogen) atoms. The van der Waals surface area contributed by atoms with Gasteiger partial charge >= 0.3 is 0 Å².